The number of nitrogens with two attached hydrogens (primary N) is 2. The van der Waals surface area contributed by atoms with Gasteiger partial charge in [0.2, 0.25) is 0 Å². The molecule has 1 aromatic heterocycles. The van der Waals surface area contributed by atoms with E-state index in [1.54, 1.807) is 6.07 Å². The second-order valence-corrected chi connectivity index (χ2v) is 4.72. The molecule has 5 heteroatoms. The highest BCUT2D eigenvalue weighted by molar-refractivity contribution is 6.31. The van der Waals surface area contributed by atoms with Gasteiger partial charge in [0.25, 0.3) is 0 Å². The monoisotopic (exact) mass is 239 g/mol. The van der Waals surface area contributed by atoms with Crippen molar-refractivity contribution in [3.05, 3.63) is 22.8 Å². The highest BCUT2D eigenvalue weighted by atomic mass is 35.5. The Kier molecular flexibility index (Phi) is 2.86. The Labute approximate surface area is 99.0 Å². The molecule has 4 nitrogen and oxygen atoms in total. The van der Waals surface area contributed by atoms with Crippen molar-refractivity contribution in [2.75, 3.05) is 5.73 Å². The topological polar surface area (TPSA) is 82.0 Å². The van der Waals surface area contributed by atoms with Gasteiger partial charge in [-0.2, -0.15) is 0 Å². The zero-order valence-corrected chi connectivity index (χ0v) is 9.63. The van der Waals surface area contributed by atoms with Crippen LogP contribution in [0.3, 0.4) is 0 Å². The van der Waals surface area contributed by atoms with Gasteiger partial charge in [-0.15, -0.1) is 0 Å². The molecular formula is C11H14ClN3O. The Morgan fingerprint density at radius 1 is 1.44 bits per heavy atom. The summed E-state index contributed by atoms with van der Waals surface area (Å²) in [4.78, 5) is 16.1. The van der Waals surface area contributed by atoms with E-state index >= 15 is 0 Å². The quantitative estimate of drug-likeness (QED) is 0.771. The highest BCUT2D eigenvalue weighted by Crippen LogP contribution is 2.32. The Morgan fingerprint density at radius 2 is 2.06 bits per heavy atom. The Bertz CT molecular complexity index is 427. The molecule has 1 aliphatic rings. The standard InChI is InChI=1S/C11H14ClN3O/c12-7-5-8(10(13)15-6-7)9(16)11(14)3-1-2-4-11/h5-6H,1-4,14H2,(H2,13,15). The van der Waals surface area contributed by atoms with Crippen molar-refractivity contribution in [3.63, 3.8) is 0 Å². The van der Waals surface area contributed by atoms with Crippen LogP contribution in [0.1, 0.15) is 36.0 Å². The second kappa shape index (κ2) is 4.03. The van der Waals surface area contributed by atoms with Crippen molar-refractivity contribution in [2.24, 2.45) is 5.73 Å². The molecule has 0 aliphatic heterocycles. The first-order chi connectivity index (χ1) is 7.53. The molecule has 0 aromatic carbocycles. The summed E-state index contributed by atoms with van der Waals surface area (Å²) in [5, 5.41) is 0.402. The SMILES string of the molecule is Nc1ncc(Cl)cc1C(=O)C1(N)CCCC1. The van der Waals surface area contributed by atoms with Crippen LogP contribution < -0.4 is 11.5 Å². The molecule has 0 atom stereocenters. The van der Waals surface area contributed by atoms with Gasteiger partial charge in [-0.1, -0.05) is 24.4 Å². The largest absolute Gasteiger partial charge is 0.383 e. The van der Waals surface area contributed by atoms with Gasteiger partial charge in [0.05, 0.1) is 16.1 Å². The fourth-order valence-electron chi connectivity index (χ4n) is 2.13. The number of ketones is 1. The number of carbonyl (C=O) groups is 1. The van der Waals surface area contributed by atoms with Crippen LogP contribution in [0.4, 0.5) is 5.82 Å². The van der Waals surface area contributed by atoms with Gasteiger partial charge in [0, 0.05) is 6.20 Å². The van der Waals surface area contributed by atoms with Crippen LogP contribution in [0.15, 0.2) is 12.3 Å². The van der Waals surface area contributed by atoms with Crippen molar-refractivity contribution >= 4 is 23.2 Å². The maximum atomic E-state index is 12.2. The van der Waals surface area contributed by atoms with Gasteiger partial charge in [0.15, 0.2) is 5.78 Å². The van der Waals surface area contributed by atoms with E-state index < -0.39 is 5.54 Å². The Morgan fingerprint density at radius 3 is 2.69 bits per heavy atom. The number of hydrogen-bond acceptors (Lipinski definition) is 4. The van der Waals surface area contributed by atoms with E-state index in [0.717, 1.165) is 12.8 Å². The van der Waals surface area contributed by atoms with Crippen molar-refractivity contribution in [1.29, 1.82) is 0 Å². The third kappa shape index (κ3) is 1.90. The molecule has 2 rings (SSSR count). The van der Waals surface area contributed by atoms with Crippen LogP contribution in [0, 0.1) is 0 Å². The lowest BCUT2D eigenvalue weighted by molar-refractivity contribution is 0.0892. The normalized spacial score (nSPS) is 18.6. The predicted octanol–water partition coefficient (Wildman–Crippen LogP) is 1.77. The third-order valence-corrected chi connectivity index (χ3v) is 3.28. The van der Waals surface area contributed by atoms with Crippen molar-refractivity contribution in [3.8, 4) is 0 Å². The molecule has 1 aromatic rings. The molecule has 1 fully saturated rings. The van der Waals surface area contributed by atoms with E-state index in [4.69, 9.17) is 23.1 Å². The van der Waals surface area contributed by atoms with Gasteiger partial charge < -0.3 is 11.5 Å². The molecule has 0 radical (unpaired) electrons. The number of halogens is 1. The lowest BCUT2D eigenvalue weighted by Gasteiger charge is -2.22. The molecule has 1 heterocycles. The van der Waals surface area contributed by atoms with Crippen molar-refractivity contribution < 1.29 is 4.79 Å². The average Bonchev–Trinajstić information content (AvgIpc) is 2.69. The summed E-state index contributed by atoms with van der Waals surface area (Å²) in [5.74, 6) is 0.0589. The number of pyridine rings is 1. The molecule has 0 unspecified atom stereocenters. The lowest BCUT2D eigenvalue weighted by atomic mass is 9.89. The number of Topliss-reactive ketones (excluding diaryl/α,β-unsaturated/α-hetero) is 1. The third-order valence-electron chi connectivity index (χ3n) is 3.08. The molecule has 0 amide bonds. The van der Waals surface area contributed by atoms with Crippen LogP contribution in [-0.2, 0) is 0 Å². The Hall–Kier alpha value is -1.13. The molecule has 1 aliphatic carbocycles. The first kappa shape index (κ1) is 11.4. The smallest absolute Gasteiger partial charge is 0.186 e. The number of anilines is 1. The van der Waals surface area contributed by atoms with E-state index in [-0.39, 0.29) is 11.6 Å². The first-order valence-corrected chi connectivity index (χ1v) is 5.65. The van der Waals surface area contributed by atoms with Gasteiger partial charge in [-0.3, -0.25) is 4.79 Å². The molecule has 86 valence electrons. The molecule has 0 saturated heterocycles. The van der Waals surface area contributed by atoms with Crippen molar-refractivity contribution in [1.82, 2.24) is 4.98 Å². The van der Waals surface area contributed by atoms with E-state index in [1.807, 2.05) is 0 Å². The molecular weight excluding hydrogens is 226 g/mol. The van der Waals surface area contributed by atoms with Crippen LogP contribution in [0.2, 0.25) is 5.02 Å². The fraction of sp³-hybridized carbons (Fsp3) is 0.455. The minimum atomic E-state index is -0.777. The van der Waals surface area contributed by atoms with Gasteiger partial charge in [-0.25, -0.2) is 4.98 Å². The summed E-state index contributed by atoms with van der Waals surface area (Å²) >= 11 is 5.80. The van der Waals surface area contributed by atoms with Crippen LogP contribution in [0.25, 0.3) is 0 Å². The van der Waals surface area contributed by atoms with Gasteiger partial charge >= 0.3 is 0 Å². The summed E-state index contributed by atoms with van der Waals surface area (Å²) in [5.41, 5.74) is 11.3. The van der Waals surface area contributed by atoms with Crippen LogP contribution in [0.5, 0.6) is 0 Å². The molecule has 16 heavy (non-hydrogen) atoms. The maximum Gasteiger partial charge on any atom is 0.186 e. The maximum absolute atomic E-state index is 12.2. The number of hydrogen-bond donors (Lipinski definition) is 2. The number of nitrogens with zero attached hydrogens (tertiary/aromatic N) is 1. The number of carbonyl (C=O) groups excluding carboxylic acids is 1. The summed E-state index contributed by atoms with van der Waals surface area (Å²) in [6, 6.07) is 1.54. The summed E-state index contributed by atoms with van der Waals surface area (Å²) in [6.45, 7) is 0. The number of rotatable bonds is 2. The summed E-state index contributed by atoms with van der Waals surface area (Å²) < 4.78 is 0. The zero-order valence-electron chi connectivity index (χ0n) is 8.87. The highest BCUT2D eigenvalue weighted by Gasteiger charge is 2.38. The fourth-order valence-corrected chi connectivity index (χ4v) is 2.29. The molecule has 0 bridgehead atoms. The first-order valence-electron chi connectivity index (χ1n) is 5.28. The van der Waals surface area contributed by atoms with E-state index in [1.165, 1.54) is 6.20 Å². The zero-order chi connectivity index (χ0) is 11.8. The van der Waals surface area contributed by atoms with Crippen molar-refractivity contribution in [2.45, 2.75) is 31.2 Å². The Balaban J connectivity index is 2.36. The summed E-state index contributed by atoms with van der Waals surface area (Å²) in [6.07, 6.45) is 4.80. The minimum Gasteiger partial charge on any atom is -0.383 e. The summed E-state index contributed by atoms with van der Waals surface area (Å²) in [7, 11) is 0. The second-order valence-electron chi connectivity index (χ2n) is 4.28. The van der Waals surface area contributed by atoms with Gasteiger partial charge in [0.1, 0.15) is 5.82 Å². The number of nitrogen functional groups attached to an aromatic ring is 1. The van der Waals surface area contributed by atoms with E-state index in [2.05, 4.69) is 4.98 Å². The molecule has 1 saturated carbocycles. The van der Waals surface area contributed by atoms with E-state index in [0.29, 0.717) is 23.4 Å². The molecule has 0 spiro atoms. The minimum absolute atomic E-state index is 0.141. The van der Waals surface area contributed by atoms with Gasteiger partial charge in [-0.05, 0) is 18.9 Å². The average molecular weight is 240 g/mol. The van der Waals surface area contributed by atoms with Crippen LogP contribution in [-0.4, -0.2) is 16.3 Å². The lowest BCUT2D eigenvalue weighted by Crippen LogP contribution is -2.45. The van der Waals surface area contributed by atoms with Crippen LogP contribution >= 0.6 is 11.6 Å². The number of aromatic nitrogens is 1. The van der Waals surface area contributed by atoms with E-state index in [9.17, 15) is 4.79 Å². The predicted molar refractivity (Wildman–Crippen MR) is 63.4 cm³/mol. The molecule has 4 N–H and O–H groups in total.